The van der Waals surface area contributed by atoms with Crippen LogP contribution < -0.4 is 4.90 Å². The first-order valence-corrected chi connectivity index (χ1v) is 12.1. The molecule has 0 bridgehead atoms. The lowest BCUT2D eigenvalue weighted by Gasteiger charge is -2.27. The van der Waals surface area contributed by atoms with E-state index in [4.69, 9.17) is 14.7 Å². The predicted molar refractivity (Wildman–Crippen MR) is 119 cm³/mol. The van der Waals surface area contributed by atoms with E-state index in [-0.39, 0.29) is 5.91 Å². The summed E-state index contributed by atoms with van der Waals surface area (Å²) in [6, 6.07) is 0. The second kappa shape index (κ2) is 8.77. The van der Waals surface area contributed by atoms with Gasteiger partial charge in [0.15, 0.2) is 0 Å². The Morgan fingerprint density at radius 3 is 2.70 bits per heavy atom. The number of hydrogen-bond acceptors (Lipinski definition) is 7. The van der Waals surface area contributed by atoms with E-state index in [0.717, 1.165) is 81.8 Å². The van der Waals surface area contributed by atoms with Crippen LogP contribution in [-0.2, 0) is 28.9 Å². The summed E-state index contributed by atoms with van der Waals surface area (Å²) in [5, 5.41) is 1.26. The third-order valence-corrected chi connectivity index (χ3v) is 7.73. The van der Waals surface area contributed by atoms with Gasteiger partial charge in [-0.3, -0.25) is 9.69 Å². The molecule has 0 N–H and O–H groups in total. The quantitative estimate of drug-likeness (QED) is 0.703. The molecule has 4 heterocycles. The van der Waals surface area contributed by atoms with Crippen LogP contribution in [0.4, 0.5) is 5.82 Å². The van der Waals surface area contributed by atoms with Crippen LogP contribution in [0.25, 0.3) is 10.2 Å². The molecule has 7 nitrogen and oxygen atoms in total. The highest BCUT2D eigenvalue weighted by atomic mass is 32.1. The van der Waals surface area contributed by atoms with Gasteiger partial charge in [0.1, 0.15) is 16.5 Å². The largest absolute Gasteiger partial charge is 0.379 e. The molecular formula is C22H31N5O2S. The molecule has 2 fully saturated rings. The molecule has 0 atom stereocenters. The number of likely N-dealkylation sites (tertiary alicyclic amines) is 1. The number of aromatic nitrogens is 2. The molecule has 8 heteroatoms. The van der Waals surface area contributed by atoms with Gasteiger partial charge in [0.2, 0.25) is 5.91 Å². The van der Waals surface area contributed by atoms with Gasteiger partial charge >= 0.3 is 0 Å². The first-order valence-electron chi connectivity index (χ1n) is 11.3. The van der Waals surface area contributed by atoms with E-state index in [0.29, 0.717) is 6.42 Å². The van der Waals surface area contributed by atoms with Gasteiger partial charge in [-0.1, -0.05) is 0 Å². The molecule has 1 aliphatic carbocycles. The van der Waals surface area contributed by atoms with Crippen molar-refractivity contribution < 1.29 is 9.53 Å². The molecule has 0 spiro atoms. The van der Waals surface area contributed by atoms with E-state index in [1.54, 1.807) is 0 Å². The van der Waals surface area contributed by atoms with Gasteiger partial charge in [0.05, 0.1) is 25.1 Å². The van der Waals surface area contributed by atoms with Crippen LogP contribution in [0, 0.1) is 0 Å². The van der Waals surface area contributed by atoms with E-state index in [1.165, 1.54) is 35.1 Å². The molecule has 162 valence electrons. The molecule has 1 amide bonds. The fraction of sp³-hybridized carbons (Fsp3) is 0.682. The summed E-state index contributed by atoms with van der Waals surface area (Å²) < 4.78 is 5.49. The monoisotopic (exact) mass is 429 g/mol. The van der Waals surface area contributed by atoms with Crippen molar-refractivity contribution in [2.75, 3.05) is 57.9 Å². The molecule has 2 aromatic heterocycles. The zero-order chi connectivity index (χ0) is 20.5. The summed E-state index contributed by atoms with van der Waals surface area (Å²) in [6.07, 6.45) is 6.51. The Labute approximate surface area is 182 Å². The first-order chi connectivity index (χ1) is 14.7. The highest BCUT2D eigenvalue weighted by Gasteiger charge is 2.25. The molecule has 5 rings (SSSR count). The van der Waals surface area contributed by atoms with Crippen molar-refractivity contribution in [1.82, 2.24) is 19.8 Å². The second-order valence-electron chi connectivity index (χ2n) is 8.65. The number of hydrogen-bond donors (Lipinski definition) is 0. The Morgan fingerprint density at radius 2 is 1.90 bits per heavy atom. The number of rotatable bonds is 6. The normalized spacial score (nSPS) is 20.2. The van der Waals surface area contributed by atoms with E-state index in [9.17, 15) is 4.79 Å². The number of ether oxygens (including phenoxy) is 1. The Morgan fingerprint density at radius 1 is 1.07 bits per heavy atom. The number of carbonyl (C=O) groups excluding carboxylic acids is 1. The van der Waals surface area contributed by atoms with E-state index < -0.39 is 0 Å². The summed E-state index contributed by atoms with van der Waals surface area (Å²) in [5.74, 6) is 2.24. The van der Waals surface area contributed by atoms with Gasteiger partial charge in [0.25, 0.3) is 0 Å². The highest BCUT2D eigenvalue weighted by Crippen LogP contribution is 2.39. The van der Waals surface area contributed by atoms with E-state index >= 15 is 0 Å². The Bertz CT molecular complexity index is 924. The van der Waals surface area contributed by atoms with Crippen molar-refractivity contribution >= 4 is 33.3 Å². The van der Waals surface area contributed by atoms with Crippen molar-refractivity contribution in [3.63, 3.8) is 0 Å². The number of carbonyl (C=O) groups is 1. The summed E-state index contributed by atoms with van der Waals surface area (Å²) in [5.41, 5.74) is 1.47. The van der Waals surface area contributed by atoms with Crippen molar-refractivity contribution in [3.05, 3.63) is 16.3 Å². The molecule has 2 aliphatic heterocycles. The minimum absolute atomic E-state index is 0.289. The Kier molecular flexibility index (Phi) is 5.89. The number of fused-ring (bicyclic) bond motifs is 3. The van der Waals surface area contributed by atoms with Crippen molar-refractivity contribution in [3.8, 4) is 0 Å². The van der Waals surface area contributed by atoms with Crippen LogP contribution in [-0.4, -0.2) is 78.7 Å². The average molecular weight is 430 g/mol. The fourth-order valence-electron chi connectivity index (χ4n) is 4.80. The van der Waals surface area contributed by atoms with Crippen LogP contribution >= 0.6 is 11.3 Å². The smallest absolute Gasteiger partial charge is 0.222 e. The first kappa shape index (κ1) is 20.2. The summed E-state index contributed by atoms with van der Waals surface area (Å²) in [4.78, 5) is 31.4. The molecule has 30 heavy (non-hydrogen) atoms. The maximum Gasteiger partial charge on any atom is 0.222 e. The van der Waals surface area contributed by atoms with E-state index in [2.05, 4.69) is 16.8 Å². The molecule has 0 saturated carbocycles. The lowest BCUT2D eigenvalue weighted by molar-refractivity contribution is -0.127. The summed E-state index contributed by atoms with van der Waals surface area (Å²) in [7, 11) is 2.12. The lowest BCUT2D eigenvalue weighted by Crippen LogP contribution is -2.36. The van der Waals surface area contributed by atoms with Crippen LogP contribution in [0.1, 0.15) is 41.9 Å². The minimum Gasteiger partial charge on any atom is -0.379 e. The third-order valence-electron chi connectivity index (χ3n) is 6.55. The number of anilines is 1. The average Bonchev–Trinajstić information content (AvgIpc) is 3.35. The van der Waals surface area contributed by atoms with E-state index in [1.807, 2.05) is 16.2 Å². The maximum atomic E-state index is 12.0. The maximum absolute atomic E-state index is 12.0. The Hall–Kier alpha value is -1.77. The fourth-order valence-corrected chi connectivity index (χ4v) is 6.08. The van der Waals surface area contributed by atoms with Crippen LogP contribution in [0.15, 0.2) is 0 Å². The van der Waals surface area contributed by atoms with Crippen molar-refractivity contribution in [2.24, 2.45) is 0 Å². The number of likely N-dealkylation sites (N-methyl/N-ethyl adjacent to an activating group) is 1. The second-order valence-corrected chi connectivity index (χ2v) is 9.73. The van der Waals surface area contributed by atoms with Crippen molar-refractivity contribution in [2.45, 2.75) is 45.1 Å². The zero-order valence-corrected chi connectivity index (χ0v) is 18.7. The lowest BCUT2D eigenvalue weighted by atomic mass is 9.97. The SMILES string of the molecule is CN(CCN1CCCC1=O)c1nc(CN2CCOCC2)nc2sc3c(c12)CCCC3. The third kappa shape index (κ3) is 4.05. The number of thiophene rings is 1. The number of amides is 1. The number of morpholine rings is 1. The number of aryl methyl sites for hydroxylation is 2. The van der Waals surface area contributed by atoms with Crippen LogP contribution in [0.5, 0.6) is 0 Å². The molecule has 2 aromatic rings. The van der Waals surface area contributed by atoms with Gasteiger partial charge < -0.3 is 14.5 Å². The summed E-state index contributed by atoms with van der Waals surface area (Å²) in [6.45, 7) is 6.67. The van der Waals surface area contributed by atoms with Gasteiger partial charge in [-0.15, -0.1) is 11.3 Å². The molecule has 2 saturated heterocycles. The molecule has 0 aromatic carbocycles. The molecule has 0 radical (unpaired) electrons. The van der Waals surface area contributed by atoms with Gasteiger partial charge in [-0.2, -0.15) is 0 Å². The molecular weight excluding hydrogens is 398 g/mol. The molecule has 3 aliphatic rings. The number of nitrogens with zero attached hydrogens (tertiary/aromatic N) is 5. The van der Waals surface area contributed by atoms with Crippen LogP contribution in [0.3, 0.4) is 0 Å². The van der Waals surface area contributed by atoms with Gasteiger partial charge in [-0.25, -0.2) is 9.97 Å². The van der Waals surface area contributed by atoms with Crippen molar-refractivity contribution in [1.29, 1.82) is 0 Å². The standard InChI is InChI=1S/C22H31N5O2S/c1-25(9-10-27-8-4-7-19(27)28)21-20-16-5-2-3-6-17(16)30-22(20)24-18(23-21)15-26-11-13-29-14-12-26/h2-15H2,1H3. The Balaban J connectivity index is 1.45. The summed E-state index contributed by atoms with van der Waals surface area (Å²) >= 11 is 1.87. The van der Waals surface area contributed by atoms with Crippen LogP contribution in [0.2, 0.25) is 0 Å². The van der Waals surface area contributed by atoms with Gasteiger partial charge in [0, 0.05) is 51.1 Å². The highest BCUT2D eigenvalue weighted by molar-refractivity contribution is 7.19. The predicted octanol–water partition coefficient (Wildman–Crippen LogP) is 2.46. The zero-order valence-electron chi connectivity index (χ0n) is 17.9. The molecule has 0 unspecified atom stereocenters. The minimum atomic E-state index is 0.289. The topological polar surface area (TPSA) is 61.8 Å². The van der Waals surface area contributed by atoms with Gasteiger partial charge in [-0.05, 0) is 37.7 Å².